The summed E-state index contributed by atoms with van der Waals surface area (Å²) in [5.74, 6) is 0. The van der Waals surface area contributed by atoms with E-state index in [9.17, 15) is 0 Å². The van der Waals surface area contributed by atoms with Crippen LogP contribution in [-0.4, -0.2) is 49.8 Å². The van der Waals surface area contributed by atoms with Crippen LogP contribution in [0.3, 0.4) is 0 Å². The Bertz CT molecular complexity index is 3460. The molecule has 0 spiro atoms. The summed E-state index contributed by atoms with van der Waals surface area (Å²) in [5, 5.41) is 58.6. The summed E-state index contributed by atoms with van der Waals surface area (Å²) < 4.78 is 136. The van der Waals surface area contributed by atoms with Gasteiger partial charge in [0.2, 0.25) is 0 Å². The van der Waals surface area contributed by atoms with Crippen molar-refractivity contribution in [1.29, 1.82) is 42.1 Å². The monoisotopic (exact) mass is 1540 g/mol. The summed E-state index contributed by atoms with van der Waals surface area (Å²) in [6.07, 6.45) is 7.00. The molecular weight excluding hydrogens is 1490 g/mol. The molecular formula is C60H52Cl4Co2N18O16. The van der Waals surface area contributed by atoms with Crippen LogP contribution in [-0.2, 0) is 33.6 Å². The molecule has 34 nitrogen and oxygen atoms in total. The summed E-state index contributed by atoms with van der Waals surface area (Å²) in [6.45, 7) is 11.4. The largest absolute Gasteiger partial charge is 2.00 e. The van der Waals surface area contributed by atoms with E-state index in [2.05, 4.69) is 19.9 Å². The normalized spacial score (nSPS) is 8.96. The molecule has 9 heterocycles. The van der Waals surface area contributed by atoms with E-state index >= 15 is 0 Å². The molecule has 2 radical (unpaired) electrons. The number of halogens is 4. The van der Waals surface area contributed by atoms with Crippen molar-refractivity contribution in [3.63, 3.8) is 0 Å². The third kappa shape index (κ3) is 54.8. The van der Waals surface area contributed by atoms with Crippen LogP contribution in [0.5, 0.6) is 0 Å². The zero-order valence-electron chi connectivity index (χ0n) is 52.9. The Morgan fingerprint density at radius 3 is 0.450 bits per heavy atom. The Balaban J connectivity index is -0.000000395. The van der Waals surface area contributed by atoms with Crippen molar-refractivity contribution < 1.29 is 149 Å². The van der Waals surface area contributed by atoms with Gasteiger partial charge in [-0.05, 0) is 97.1 Å². The number of hydrogen-bond acceptors (Lipinski definition) is 34. The van der Waals surface area contributed by atoms with Gasteiger partial charge < -0.3 is 0 Å². The van der Waals surface area contributed by atoms with Crippen LogP contribution in [0.25, 0.3) is 91.1 Å². The van der Waals surface area contributed by atoms with Crippen LogP contribution in [0.1, 0.15) is 55.4 Å². The Kier molecular flexibility index (Phi) is 59.3. The van der Waals surface area contributed by atoms with Gasteiger partial charge in [0.25, 0.3) is 0 Å². The second-order valence-electron chi connectivity index (χ2n) is 15.4. The molecule has 0 amide bonds. The van der Waals surface area contributed by atoms with Crippen LogP contribution < -0.4 is 74.5 Å². The maximum absolute atomic E-state index is 8.49. The predicted molar refractivity (Wildman–Crippen MR) is 298 cm³/mol. The van der Waals surface area contributed by atoms with Crippen molar-refractivity contribution in [2.75, 3.05) is 0 Å². The van der Waals surface area contributed by atoms with Crippen LogP contribution in [0.4, 0.5) is 0 Å². The van der Waals surface area contributed by atoms with Crippen LogP contribution in [0.15, 0.2) is 170 Å². The maximum Gasteiger partial charge on any atom is 2.00 e. The molecule has 9 aromatic heterocycles. The fraction of sp³-hybridized carbons (Fsp3) is 0.133. The van der Waals surface area contributed by atoms with Crippen molar-refractivity contribution in [2.45, 2.75) is 55.4 Å². The van der Waals surface area contributed by atoms with E-state index in [-0.39, 0.29) is 33.6 Å². The van der Waals surface area contributed by atoms with Gasteiger partial charge in [0.1, 0.15) is 22.8 Å². The number of aromatic nitrogens is 10. The number of hydrogen-bond donors (Lipinski definition) is 0. The van der Waals surface area contributed by atoms with Crippen LogP contribution in [0, 0.1) is 132 Å². The Morgan fingerprint density at radius 1 is 0.210 bits per heavy atom. The van der Waals surface area contributed by atoms with E-state index in [1.54, 1.807) is 73.3 Å². The van der Waals surface area contributed by atoms with Gasteiger partial charge in [0, 0.05) is 80.2 Å². The minimum absolute atomic E-state index is 0. The van der Waals surface area contributed by atoms with Crippen molar-refractivity contribution in [3.8, 4) is 140 Å². The Labute approximate surface area is 602 Å². The first-order valence-electron chi connectivity index (χ1n) is 25.5. The molecule has 40 heteroatoms. The van der Waals surface area contributed by atoms with Crippen molar-refractivity contribution in [2.24, 2.45) is 0 Å². The second-order valence-corrected chi connectivity index (χ2v) is 18.4. The molecule has 0 atom stereocenters. The first-order chi connectivity index (χ1) is 46.1. The van der Waals surface area contributed by atoms with E-state index in [4.69, 9.17) is 147 Å². The average molecular weight is 1540 g/mol. The molecule has 0 saturated heterocycles. The molecule has 0 aliphatic carbocycles. The third-order valence-electron chi connectivity index (χ3n) is 8.57. The van der Waals surface area contributed by atoms with Gasteiger partial charge in [0.15, 0.2) is 0 Å². The zero-order valence-corrected chi connectivity index (χ0v) is 58.0. The van der Waals surface area contributed by atoms with Crippen molar-refractivity contribution in [1.82, 2.24) is 49.8 Å². The van der Waals surface area contributed by atoms with Gasteiger partial charge in [-0.25, -0.2) is 104 Å². The molecule has 524 valence electrons. The molecule has 0 saturated carbocycles. The molecule has 0 unspecified atom stereocenters. The summed E-state index contributed by atoms with van der Waals surface area (Å²) >= 11 is 0. The summed E-state index contributed by atoms with van der Waals surface area (Å²) in [7, 11) is -19.8. The smallest absolute Gasteiger partial charge is 0.255 e. The van der Waals surface area contributed by atoms with E-state index < -0.39 is 41.0 Å². The quantitative estimate of drug-likeness (QED) is 0.137. The van der Waals surface area contributed by atoms with Gasteiger partial charge in [-0.3, -0.25) is 19.9 Å². The standard InChI is InChI=1S/C44H28N10.8C2H3N.4ClHO4.2Co/c1-5-25-45-29(13-1)33-17-9-21-37(49-33)41-42(38-22-10-18-34(50-38)30-14-2-6-26-46-30)54-44(40-24-12-20-36(52-40)32-16-4-8-28-48-32)43(53-41)39-23-11-19-35(51-39)31-15-3-7-27-47-31;8*1-2-3;4*2-1(3,4)5;;/h1-28H;8*1H3;4*(H,2,3,4,5);;/q;;;;;;;;;;;;;2*+2/p-4. The Morgan fingerprint density at radius 2 is 0.330 bits per heavy atom. The SMILES string of the molecule is CC#N.CC#N.CC#N.CC#N.CC#N.CC#N.CC#N.CC#N.[Co+2].[Co+2].[O-][Cl+3]([O-])([O-])[O-].[O-][Cl+3]([O-])([O-])[O-].[O-][Cl+3]([O-])([O-])[O-].[O-][Cl+3]([O-])([O-])[O-].c1ccc(-c2cccc(-c3nc(-c4cccc(-c5ccccn5)n4)c(-c4cccc(-c5ccccn5)n4)nc3-c3cccc(-c4ccccn4)n3)n2)nc1. The molecule has 0 N–H and O–H groups in total. The molecule has 0 fully saturated rings. The number of nitriles is 8. The molecule has 100 heavy (non-hydrogen) atoms. The van der Waals surface area contributed by atoms with Gasteiger partial charge in [-0.15, -0.1) is 41.0 Å². The van der Waals surface area contributed by atoms with Gasteiger partial charge in [0.05, 0.1) is 117 Å². The number of rotatable bonds is 8. The second kappa shape index (κ2) is 58.8. The van der Waals surface area contributed by atoms with Crippen molar-refractivity contribution in [3.05, 3.63) is 170 Å². The predicted octanol–water partition coefficient (Wildman–Crippen LogP) is -5.82. The summed E-state index contributed by atoms with van der Waals surface area (Å²) in [6, 6.07) is 60.2. The topological polar surface area (TPSA) is 688 Å². The molecule has 0 bridgehead atoms. The Hall–Kier alpha value is -10.3. The number of pyridine rings is 8. The van der Waals surface area contributed by atoms with E-state index in [1.807, 2.05) is 146 Å². The molecule has 0 aliphatic rings. The maximum atomic E-state index is 8.49. The van der Waals surface area contributed by atoms with E-state index in [0.29, 0.717) is 68.3 Å². The van der Waals surface area contributed by atoms with Gasteiger partial charge in [-0.2, -0.15) is 42.1 Å². The molecule has 0 aliphatic heterocycles. The summed E-state index contributed by atoms with van der Waals surface area (Å²) in [4.78, 5) is 49.3. The van der Waals surface area contributed by atoms with E-state index in [1.165, 1.54) is 55.4 Å². The van der Waals surface area contributed by atoms with Gasteiger partial charge >= 0.3 is 33.6 Å². The first-order valence-corrected chi connectivity index (χ1v) is 30.4. The van der Waals surface area contributed by atoms with Crippen molar-refractivity contribution >= 4 is 0 Å². The minimum atomic E-state index is -4.94. The fourth-order valence-corrected chi connectivity index (χ4v) is 6.04. The number of nitrogens with zero attached hydrogens (tertiary/aromatic N) is 18. The van der Waals surface area contributed by atoms with Crippen LogP contribution >= 0.6 is 0 Å². The zero-order chi connectivity index (χ0) is 75.8. The molecule has 0 aromatic carbocycles. The van der Waals surface area contributed by atoms with E-state index in [0.717, 1.165) is 22.8 Å². The van der Waals surface area contributed by atoms with Gasteiger partial charge in [-0.1, -0.05) is 48.5 Å². The van der Waals surface area contributed by atoms with Crippen LogP contribution in [0.2, 0.25) is 0 Å². The molecule has 9 rings (SSSR count). The average Bonchev–Trinajstić information content (AvgIpc) is 0.760. The third-order valence-corrected chi connectivity index (χ3v) is 8.57. The molecule has 9 aromatic rings. The minimum Gasteiger partial charge on any atom is -0.255 e. The fourth-order valence-electron chi connectivity index (χ4n) is 6.04. The first kappa shape index (κ1) is 101. The summed E-state index contributed by atoms with van der Waals surface area (Å²) in [5.41, 5.74) is 10.2.